The summed E-state index contributed by atoms with van der Waals surface area (Å²) in [5, 5.41) is 0. The van der Waals surface area contributed by atoms with Crippen molar-refractivity contribution in [2.45, 2.75) is 19.1 Å². The van der Waals surface area contributed by atoms with Crippen LogP contribution in [0.5, 0.6) is 0 Å². The van der Waals surface area contributed by atoms with E-state index in [0.29, 0.717) is 13.2 Å². The third kappa shape index (κ3) is 5.26. The maximum atomic E-state index is 13.0. The molecule has 0 radical (unpaired) electrons. The van der Waals surface area contributed by atoms with Gasteiger partial charge < -0.3 is 14.5 Å². The number of hydrogen-bond acceptors (Lipinski definition) is 4. The van der Waals surface area contributed by atoms with E-state index in [1.807, 2.05) is 21.0 Å². The van der Waals surface area contributed by atoms with Crippen molar-refractivity contribution in [3.63, 3.8) is 0 Å². The number of carbonyl (C=O) groups is 1. The van der Waals surface area contributed by atoms with Crippen molar-refractivity contribution in [1.29, 1.82) is 0 Å². The molecule has 0 saturated carbocycles. The average Bonchev–Trinajstić information content (AvgIpc) is 2.54. The molecule has 1 amide bonds. The third-order valence-electron chi connectivity index (χ3n) is 4.48. The number of carbonyl (C=O) groups excluding carboxylic acids is 1. The average molecular weight is 337 g/mol. The van der Waals surface area contributed by atoms with Crippen molar-refractivity contribution in [2.24, 2.45) is 0 Å². The SMILES string of the molecule is C[C@@H](c1ccc(F)cc1)N(C)C(=O)CN1CCO[C@H](CN(C)C)C1. The second-order valence-electron chi connectivity index (χ2n) is 6.72. The van der Waals surface area contributed by atoms with Gasteiger partial charge in [0.25, 0.3) is 0 Å². The van der Waals surface area contributed by atoms with E-state index < -0.39 is 0 Å². The first-order chi connectivity index (χ1) is 11.4. The monoisotopic (exact) mass is 337 g/mol. The van der Waals surface area contributed by atoms with Crippen LogP contribution in [0.3, 0.4) is 0 Å². The zero-order chi connectivity index (χ0) is 17.7. The van der Waals surface area contributed by atoms with Crippen LogP contribution >= 0.6 is 0 Å². The van der Waals surface area contributed by atoms with Crippen LogP contribution in [0.15, 0.2) is 24.3 Å². The molecule has 6 heteroatoms. The van der Waals surface area contributed by atoms with E-state index in [1.165, 1.54) is 12.1 Å². The second kappa shape index (κ2) is 8.55. The first-order valence-corrected chi connectivity index (χ1v) is 8.36. The summed E-state index contributed by atoms with van der Waals surface area (Å²) in [5.74, 6) is -0.197. The Hall–Kier alpha value is -1.50. The zero-order valence-corrected chi connectivity index (χ0v) is 15.0. The highest BCUT2D eigenvalue weighted by atomic mass is 19.1. The Bertz CT molecular complexity index is 536. The number of nitrogens with zero attached hydrogens (tertiary/aromatic N) is 3. The van der Waals surface area contributed by atoms with E-state index in [2.05, 4.69) is 9.80 Å². The predicted octanol–water partition coefficient (Wildman–Crippen LogP) is 1.61. The molecule has 1 aromatic carbocycles. The molecule has 1 aliphatic rings. The minimum atomic E-state index is -0.264. The predicted molar refractivity (Wildman–Crippen MR) is 92.3 cm³/mol. The summed E-state index contributed by atoms with van der Waals surface area (Å²) in [5.41, 5.74) is 0.930. The van der Waals surface area contributed by atoms with Gasteiger partial charge in [0, 0.05) is 26.7 Å². The molecule has 0 aromatic heterocycles. The van der Waals surface area contributed by atoms with Crippen LogP contribution in [-0.2, 0) is 9.53 Å². The highest BCUT2D eigenvalue weighted by Crippen LogP contribution is 2.19. The lowest BCUT2D eigenvalue weighted by atomic mass is 10.1. The van der Waals surface area contributed by atoms with Crippen LogP contribution < -0.4 is 0 Å². The normalized spacial score (nSPS) is 20.2. The lowest BCUT2D eigenvalue weighted by Gasteiger charge is -2.35. The Morgan fingerprint density at radius 2 is 2.00 bits per heavy atom. The summed E-state index contributed by atoms with van der Waals surface area (Å²) < 4.78 is 18.8. The van der Waals surface area contributed by atoms with Crippen molar-refractivity contribution in [1.82, 2.24) is 14.7 Å². The summed E-state index contributed by atoms with van der Waals surface area (Å²) in [6, 6.07) is 6.23. The van der Waals surface area contributed by atoms with Crippen molar-refractivity contribution < 1.29 is 13.9 Å². The summed E-state index contributed by atoms with van der Waals surface area (Å²) in [7, 11) is 5.84. The van der Waals surface area contributed by atoms with Crippen LogP contribution in [0.25, 0.3) is 0 Å². The zero-order valence-electron chi connectivity index (χ0n) is 15.0. The molecule has 24 heavy (non-hydrogen) atoms. The summed E-state index contributed by atoms with van der Waals surface area (Å²) in [6.07, 6.45) is 0.140. The van der Waals surface area contributed by atoms with Gasteiger partial charge in [-0.1, -0.05) is 12.1 Å². The molecule has 0 unspecified atom stereocenters. The van der Waals surface area contributed by atoms with Gasteiger partial charge in [-0.15, -0.1) is 0 Å². The van der Waals surface area contributed by atoms with Crippen molar-refractivity contribution >= 4 is 5.91 Å². The molecular weight excluding hydrogens is 309 g/mol. The van der Waals surface area contributed by atoms with Crippen molar-refractivity contribution in [3.05, 3.63) is 35.6 Å². The molecule has 0 bridgehead atoms. The Balaban J connectivity index is 1.89. The van der Waals surface area contributed by atoms with Gasteiger partial charge in [-0.25, -0.2) is 4.39 Å². The molecular formula is C18H28FN3O2. The molecule has 0 N–H and O–H groups in total. The Morgan fingerprint density at radius 3 is 2.62 bits per heavy atom. The first-order valence-electron chi connectivity index (χ1n) is 8.36. The molecule has 2 rings (SSSR count). The highest BCUT2D eigenvalue weighted by molar-refractivity contribution is 5.78. The van der Waals surface area contributed by atoms with Gasteiger partial charge in [-0.3, -0.25) is 9.69 Å². The maximum absolute atomic E-state index is 13.0. The molecule has 0 aliphatic carbocycles. The molecule has 134 valence electrons. The smallest absolute Gasteiger partial charge is 0.236 e. The third-order valence-corrected chi connectivity index (χ3v) is 4.48. The van der Waals surface area contributed by atoms with Crippen LogP contribution in [0.1, 0.15) is 18.5 Å². The molecule has 1 aliphatic heterocycles. The van der Waals surface area contributed by atoms with Crippen molar-refractivity contribution in [2.75, 3.05) is 53.9 Å². The lowest BCUT2D eigenvalue weighted by molar-refractivity contribution is -0.135. The van der Waals surface area contributed by atoms with E-state index in [0.717, 1.165) is 25.2 Å². The first kappa shape index (κ1) is 18.8. The number of rotatable bonds is 6. The molecule has 5 nitrogen and oxygen atoms in total. The van der Waals surface area contributed by atoms with E-state index in [-0.39, 0.29) is 23.9 Å². The van der Waals surface area contributed by atoms with Gasteiger partial charge in [0.05, 0.1) is 25.3 Å². The molecule has 1 saturated heterocycles. The Labute approximate surface area is 144 Å². The van der Waals surface area contributed by atoms with Crippen LogP contribution in [0, 0.1) is 5.82 Å². The number of amides is 1. The Kier molecular flexibility index (Phi) is 6.71. The van der Waals surface area contributed by atoms with Crippen molar-refractivity contribution in [3.8, 4) is 0 Å². The largest absolute Gasteiger partial charge is 0.374 e. The van der Waals surface area contributed by atoms with Gasteiger partial charge in [-0.05, 0) is 38.7 Å². The van der Waals surface area contributed by atoms with E-state index in [9.17, 15) is 9.18 Å². The fraction of sp³-hybridized carbons (Fsp3) is 0.611. The van der Waals surface area contributed by atoms with Gasteiger partial charge in [0.2, 0.25) is 5.91 Å². The van der Waals surface area contributed by atoms with E-state index in [1.54, 1.807) is 24.1 Å². The molecule has 1 aromatic rings. The number of ether oxygens (including phenoxy) is 1. The standard InChI is InChI=1S/C18H28FN3O2/c1-14(15-5-7-16(19)8-6-15)21(4)18(23)13-22-9-10-24-17(12-22)11-20(2)3/h5-8,14,17H,9-13H2,1-4H3/t14-,17+/m0/s1. The number of morpholine rings is 1. The molecule has 1 fully saturated rings. The number of hydrogen-bond donors (Lipinski definition) is 0. The fourth-order valence-corrected chi connectivity index (χ4v) is 2.93. The Morgan fingerprint density at radius 1 is 1.33 bits per heavy atom. The molecule has 0 spiro atoms. The van der Waals surface area contributed by atoms with Gasteiger partial charge in [0.1, 0.15) is 5.82 Å². The minimum absolute atomic E-state index is 0.0670. The number of benzene rings is 1. The summed E-state index contributed by atoms with van der Waals surface area (Å²) in [6.45, 7) is 5.39. The van der Waals surface area contributed by atoms with Crippen LogP contribution in [0.2, 0.25) is 0 Å². The molecule has 2 atom stereocenters. The number of likely N-dealkylation sites (N-methyl/N-ethyl adjacent to an activating group) is 2. The van der Waals surface area contributed by atoms with Gasteiger partial charge >= 0.3 is 0 Å². The minimum Gasteiger partial charge on any atom is -0.374 e. The number of halogens is 1. The summed E-state index contributed by atoms with van der Waals surface area (Å²) >= 11 is 0. The van der Waals surface area contributed by atoms with E-state index >= 15 is 0 Å². The second-order valence-corrected chi connectivity index (χ2v) is 6.72. The fourth-order valence-electron chi connectivity index (χ4n) is 2.93. The van der Waals surface area contributed by atoms with E-state index in [4.69, 9.17) is 4.74 Å². The van der Waals surface area contributed by atoms with Crippen LogP contribution in [-0.4, -0.2) is 80.6 Å². The molecule has 1 heterocycles. The maximum Gasteiger partial charge on any atom is 0.236 e. The topological polar surface area (TPSA) is 36.0 Å². The van der Waals surface area contributed by atoms with Crippen LogP contribution in [0.4, 0.5) is 4.39 Å². The lowest BCUT2D eigenvalue weighted by Crippen LogP contribution is -2.49. The van der Waals surface area contributed by atoms with Gasteiger partial charge in [0.15, 0.2) is 0 Å². The summed E-state index contributed by atoms with van der Waals surface area (Å²) in [4.78, 5) is 18.5. The van der Waals surface area contributed by atoms with Gasteiger partial charge in [-0.2, -0.15) is 0 Å². The highest BCUT2D eigenvalue weighted by Gasteiger charge is 2.25. The quantitative estimate of drug-likeness (QED) is 0.790.